The maximum atomic E-state index is 13.1. The van der Waals surface area contributed by atoms with E-state index in [1.165, 1.54) is 24.3 Å². The number of carbonyl (C=O) groups is 1. The predicted octanol–water partition coefficient (Wildman–Crippen LogP) is 5.61. The molecule has 2 saturated heterocycles. The first kappa shape index (κ1) is 23.2. The second kappa shape index (κ2) is 9.13. The lowest BCUT2D eigenvalue weighted by atomic mass is 9.96. The van der Waals surface area contributed by atoms with E-state index in [2.05, 4.69) is 10.1 Å². The SMILES string of the molecule is Nc1cc(Cl)c(OC(F)(F)F)cc1/C=C/C(=O)N1[C@@H]2CC[C@H]1CC(Nc1ccc(F)cc1)C2. The number of amides is 1. The first-order valence-electron chi connectivity index (χ1n) is 10.5. The molecular formula is C23H22ClF4N3O2. The topological polar surface area (TPSA) is 67.6 Å². The summed E-state index contributed by atoms with van der Waals surface area (Å²) in [5, 5.41) is 3.13. The fourth-order valence-electron chi connectivity index (χ4n) is 4.62. The summed E-state index contributed by atoms with van der Waals surface area (Å²) < 4.78 is 54.8. The molecule has 0 saturated carbocycles. The van der Waals surface area contributed by atoms with Gasteiger partial charge in [0.25, 0.3) is 0 Å². The predicted molar refractivity (Wildman–Crippen MR) is 118 cm³/mol. The quantitative estimate of drug-likeness (QED) is 0.330. The van der Waals surface area contributed by atoms with Gasteiger partial charge in [0.2, 0.25) is 5.91 Å². The molecule has 2 aliphatic rings. The van der Waals surface area contributed by atoms with E-state index < -0.39 is 12.1 Å². The molecule has 10 heteroatoms. The standard InChI is InChI=1S/C23H22ClF4N3O2/c24-19-12-20(29)13(9-21(19)33-23(26,27)28)1-8-22(32)31-17-6-7-18(31)11-16(10-17)30-15-4-2-14(25)3-5-15/h1-5,8-9,12,16-18,30H,6-7,10-11,29H2/b8-1+/t16?,17-,18+. The lowest BCUT2D eigenvalue weighted by Crippen LogP contribution is -2.49. The molecule has 2 heterocycles. The summed E-state index contributed by atoms with van der Waals surface area (Å²) in [4.78, 5) is 14.8. The molecule has 0 aromatic heterocycles. The Bertz CT molecular complexity index is 1040. The van der Waals surface area contributed by atoms with Crippen LogP contribution < -0.4 is 15.8 Å². The number of carbonyl (C=O) groups excluding carboxylic acids is 1. The molecule has 4 rings (SSSR count). The van der Waals surface area contributed by atoms with Crippen LogP contribution in [0.5, 0.6) is 5.75 Å². The zero-order valence-corrected chi connectivity index (χ0v) is 18.2. The Morgan fingerprint density at radius 2 is 1.79 bits per heavy atom. The molecule has 2 fully saturated rings. The van der Waals surface area contributed by atoms with Crippen molar-refractivity contribution in [2.75, 3.05) is 11.1 Å². The van der Waals surface area contributed by atoms with Crippen LogP contribution in [0.3, 0.4) is 0 Å². The highest BCUT2D eigenvalue weighted by atomic mass is 35.5. The average Bonchev–Trinajstić information content (AvgIpc) is 3.00. The zero-order chi connectivity index (χ0) is 23.8. The van der Waals surface area contributed by atoms with Gasteiger partial charge in [0.05, 0.1) is 5.02 Å². The minimum absolute atomic E-state index is 0.0468. The number of rotatable bonds is 5. The number of hydrogen-bond acceptors (Lipinski definition) is 4. The summed E-state index contributed by atoms with van der Waals surface area (Å²) in [7, 11) is 0. The van der Waals surface area contributed by atoms with E-state index in [1.54, 1.807) is 12.1 Å². The Morgan fingerprint density at radius 1 is 1.15 bits per heavy atom. The van der Waals surface area contributed by atoms with Crippen LogP contribution in [0, 0.1) is 5.82 Å². The van der Waals surface area contributed by atoms with Gasteiger partial charge >= 0.3 is 6.36 Å². The second-order valence-corrected chi connectivity index (χ2v) is 8.65. The molecule has 33 heavy (non-hydrogen) atoms. The first-order chi connectivity index (χ1) is 15.6. The Morgan fingerprint density at radius 3 is 2.39 bits per heavy atom. The van der Waals surface area contributed by atoms with Crippen molar-refractivity contribution >= 4 is 35.0 Å². The lowest BCUT2D eigenvalue weighted by molar-refractivity contribution is -0.274. The Hall–Kier alpha value is -2.94. The fourth-order valence-corrected chi connectivity index (χ4v) is 4.83. The van der Waals surface area contributed by atoms with Crippen molar-refractivity contribution in [2.24, 2.45) is 0 Å². The summed E-state index contributed by atoms with van der Waals surface area (Å²) >= 11 is 5.79. The average molecular weight is 484 g/mol. The monoisotopic (exact) mass is 483 g/mol. The molecule has 2 bridgehead atoms. The molecule has 0 aliphatic carbocycles. The maximum Gasteiger partial charge on any atom is 0.573 e. The molecule has 2 aliphatic heterocycles. The molecular weight excluding hydrogens is 462 g/mol. The van der Waals surface area contributed by atoms with E-state index in [4.69, 9.17) is 17.3 Å². The number of hydrogen-bond donors (Lipinski definition) is 2. The smallest absolute Gasteiger partial charge is 0.404 e. The van der Waals surface area contributed by atoms with Crippen molar-refractivity contribution in [3.05, 3.63) is 58.9 Å². The molecule has 0 radical (unpaired) electrons. The van der Waals surface area contributed by atoms with E-state index in [-0.39, 0.29) is 46.1 Å². The number of nitrogen functional groups attached to an aromatic ring is 1. The van der Waals surface area contributed by atoms with Crippen molar-refractivity contribution in [2.45, 2.75) is 50.2 Å². The Labute approximate surface area is 193 Å². The van der Waals surface area contributed by atoms with Crippen LogP contribution in [-0.2, 0) is 4.79 Å². The molecule has 1 amide bonds. The van der Waals surface area contributed by atoms with E-state index in [0.717, 1.165) is 43.5 Å². The molecule has 0 spiro atoms. The van der Waals surface area contributed by atoms with E-state index in [1.807, 2.05) is 4.90 Å². The van der Waals surface area contributed by atoms with Crippen LogP contribution in [0.15, 0.2) is 42.5 Å². The van der Waals surface area contributed by atoms with Gasteiger partial charge in [-0.3, -0.25) is 4.79 Å². The number of anilines is 2. The van der Waals surface area contributed by atoms with Gasteiger partial charge in [-0.1, -0.05) is 11.6 Å². The zero-order valence-electron chi connectivity index (χ0n) is 17.4. The normalized spacial score (nSPS) is 22.6. The van der Waals surface area contributed by atoms with Gasteiger partial charge in [-0.05, 0) is 68.2 Å². The third-order valence-electron chi connectivity index (χ3n) is 5.97. The number of fused-ring (bicyclic) bond motifs is 2. The summed E-state index contributed by atoms with van der Waals surface area (Å²) in [6.07, 6.45) is 1.04. The minimum Gasteiger partial charge on any atom is -0.404 e. The number of nitrogens with two attached hydrogens (primary N) is 1. The van der Waals surface area contributed by atoms with E-state index >= 15 is 0 Å². The van der Waals surface area contributed by atoms with Crippen LogP contribution in [0.25, 0.3) is 6.08 Å². The lowest BCUT2D eigenvalue weighted by Gasteiger charge is -2.39. The number of nitrogens with one attached hydrogen (secondary N) is 1. The van der Waals surface area contributed by atoms with Crippen LogP contribution >= 0.6 is 11.6 Å². The highest BCUT2D eigenvalue weighted by Crippen LogP contribution is 2.38. The van der Waals surface area contributed by atoms with Gasteiger partial charge in [-0.2, -0.15) is 0 Å². The number of piperidine rings is 1. The number of alkyl halides is 3. The van der Waals surface area contributed by atoms with Crippen molar-refractivity contribution < 1.29 is 27.1 Å². The van der Waals surface area contributed by atoms with Gasteiger partial charge in [-0.25, -0.2) is 4.39 Å². The highest BCUT2D eigenvalue weighted by Gasteiger charge is 2.42. The summed E-state index contributed by atoms with van der Waals surface area (Å²) in [6.45, 7) is 0. The first-order valence-corrected chi connectivity index (χ1v) is 10.8. The van der Waals surface area contributed by atoms with Crippen LogP contribution in [0.4, 0.5) is 28.9 Å². The number of nitrogens with zero attached hydrogens (tertiary/aromatic N) is 1. The molecule has 2 aromatic carbocycles. The minimum atomic E-state index is -4.90. The second-order valence-electron chi connectivity index (χ2n) is 8.24. The molecule has 3 N–H and O–H groups in total. The highest BCUT2D eigenvalue weighted by molar-refractivity contribution is 6.32. The van der Waals surface area contributed by atoms with Gasteiger partial charge in [0.15, 0.2) is 0 Å². The summed E-state index contributed by atoms with van der Waals surface area (Å²) in [5.41, 5.74) is 7.02. The molecule has 2 aromatic rings. The fraction of sp³-hybridized carbons (Fsp3) is 0.348. The third kappa shape index (κ3) is 5.52. The van der Waals surface area contributed by atoms with Crippen molar-refractivity contribution in [3.8, 4) is 5.75 Å². The van der Waals surface area contributed by atoms with Crippen molar-refractivity contribution in [1.29, 1.82) is 0 Å². The van der Waals surface area contributed by atoms with Gasteiger partial charge in [-0.15, -0.1) is 13.2 Å². The van der Waals surface area contributed by atoms with E-state index in [9.17, 15) is 22.4 Å². The van der Waals surface area contributed by atoms with E-state index in [0.29, 0.717) is 0 Å². The number of ether oxygens (including phenoxy) is 1. The van der Waals surface area contributed by atoms with Gasteiger partial charge in [0.1, 0.15) is 11.6 Å². The van der Waals surface area contributed by atoms with Crippen molar-refractivity contribution in [3.63, 3.8) is 0 Å². The van der Waals surface area contributed by atoms with Gasteiger partial charge in [0, 0.05) is 41.1 Å². The number of halogens is 5. The van der Waals surface area contributed by atoms with Crippen molar-refractivity contribution in [1.82, 2.24) is 4.90 Å². The van der Waals surface area contributed by atoms with Crippen LogP contribution in [0.1, 0.15) is 31.2 Å². The maximum absolute atomic E-state index is 13.1. The summed E-state index contributed by atoms with van der Waals surface area (Å²) in [6, 6.07) is 8.63. The largest absolute Gasteiger partial charge is 0.573 e. The molecule has 176 valence electrons. The van der Waals surface area contributed by atoms with Gasteiger partial charge < -0.3 is 20.7 Å². The van der Waals surface area contributed by atoms with Crippen LogP contribution in [-0.4, -0.2) is 35.3 Å². The summed E-state index contributed by atoms with van der Waals surface area (Å²) in [5.74, 6) is -1.11. The molecule has 5 nitrogen and oxygen atoms in total. The molecule has 3 atom stereocenters. The Balaban J connectivity index is 1.43. The van der Waals surface area contributed by atoms with Crippen LogP contribution in [0.2, 0.25) is 5.02 Å². The molecule has 1 unspecified atom stereocenters. The number of benzene rings is 2. The third-order valence-corrected chi connectivity index (χ3v) is 6.27. The Kier molecular flexibility index (Phi) is 6.43.